The van der Waals surface area contributed by atoms with Gasteiger partial charge in [-0.05, 0) is 44.8 Å². The fourth-order valence-electron chi connectivity index (χ4n) is 5.77. The summed E-state index contributed by atoms with van der Waals surface area (Å²) in [6.45, 7) is 0. The number of fused-ring (bicyclic) bond motifs is 3. The standard InChI is InChI=1S/C21H23N3O8/c1-23(2)16-9-6-7-5-8-10(24(31)32)3-4-11(25)13(8)17(26)12(7)18(27)14(9)19(28)15(20(16)29)21(22)30/h3-4,7,9,14-16,20,25-26,29H,5-6H2,1-2H3,(H2,22,30)/t7?,9?,14?,15?,16-,20?/m0/s1. The molecule has 6 atom stereocenters. The van der Waals surface area contributed by atoms with Gasteiger partial charge in [-0.15, -0.1) is 0 Å². The topological polar surface area (TPSA) is 184 Å². The molecule has 3 aliphatic rings. The number of nitrogens with two attached hydrogens (primary N) is 1. The Balaban J connectivity index is 1.89. The van der Waals surface area contributed by atoms with E-state index < -0.39 is 69.7 Å². The third-order valence-electron chi connectivity index (χ3n) is 6.99. The van der Waals surface area contributed by atoms with Crippen LogP contribution in [0, 0.1) is 33.8 Å². The fourth-order valence-corrected chi connectivity index (χ4v) is 5.77. The molecule has 0 radical (unpaired) electrons. The highest BCUT2D eigenvalue weighted by atomic mass is 16.6. The molecular weight excluding hydrogens is 422 g/mol. The summed E-state index contributed by atoms with van der Waals surface area (Å²) < 4.78 is 0. The van der Waals surface area contributed by atoms with E-state index in [1.807, 2.05) is 0 Å². The van der Waals surface area contributed by atoms with E-state index in [4.69, 9.17) is 5.73 Å². The average molecular weight is 445 g/mol. The van der Waals surface area contributed by atoms with Gasteiger partial charge in [-0.3, -0.25) is 24.5 Å². The van der Waals surface area contributed by atoms with Crippen molar-refractivity contribution < 1.29 is 34.6 Å². The smallest absolute Gasteiger partial charge is 0.273 e. The Morgan fingerprint density at radius 1 is 1.25 bits per heavy atom. The first-order valence-corrected chi connectivity index (χ1v) is 10.1. The van der Waals surface area contributed by atoms with Crippen molar-refractivity contribution >= 4 is 28.9 Å². The number of rotatable bonds is 3. The molecule has 3 aliphatic carbocycles. The van der Waals surface area contributed by atoms with E-state index in [1.54, 1.807) is 19.0 Å². The maximum atomic E-state index is 13.5. The highest BCUT2D eigenvalue weighted by Crippen LogP contribution is 2.51. The van der Waals surface area contributed by atoms with Crippen molar-refractivity contribution in [1.29, 1.82) is 0 Å². The minimum atomic E-state index is -1.57. The number of aliphatic hydroxyl groups excluding tert-OH is 2. The van der Waals surface area contributed by atoms with Crippen molar-refractivity contribution in [1.82, 2.24) is 4.90 Å². The molecule has 1 aromatic carbocycles. The number of nitro benzene ring substituents is 1. The number of Topliss-reactive ketones (excluding diaryl/α,β-unsaturated/α-hetero) is 2. The molecule has 0 aromatic heterocycles. The molecule has 11 nitrogen and oxygen atoms in total. The normalized spacial score (nSPS) is 31.8. The predicted molar refractivity (Wildman–Crippen MR) is 109 cm³/mol. The molecule has 0 saturated heterocycles. The zero-order valence-corrected chi connectivity index (χ0v) is 17.4. The van der Waals surface area contributed by atoms with Crippen LogP contribution in [0.4, 0.5) is 5.69 Å². The lowest BCUT2D eigenvalue weighted by molar-refractivity contribution is -0.385. The molecule has 2 fully saturated rings. The third-order valence-corrected chi connectivity index (χ3v) is 6.99. The monoisotopic (exact) mass is 445 g/mol. The van der Waals surface area contributed by atoms with Gasteiger partial charge in [-0.2, -0.15) is 0 Å². The second kappa shape index (κ2) is 7.38. The number of carbonyl (C=O) groups is 3. The number of aliphatic hydroxyl groups is 2. The SMILES string of the molecule is CN(C)[C@@H]1C(O)C(C(N)=O)C(=O)C2C(=O)C3=C(O)c4c(O)ccc([N+](=O)[O-])c4CC3CC21. The van der Waals surface area contributed by atoms with Gasteiger partial charge in [0.15, 0.2) is 11.6 Å². The van der Waals surface area contributed by atoms with Crippen molar-refractivity contribution in [2.75, 3.05) is 14.1 Å². The molecule has 5 N–H and O–H groups in total. The minimum Gasteiger partial charge on any atom is -0.507 e. The van der Waals surface area contributed by atoms with E-state index in [2.05, 4.69) is 0 Å². The number of primary amides is 1. The highest BCUT2D eigenvalue weighted by Gasteiger charge is 2.59. The molecule has 0 bridgehead atoms. The van der Waals surface area contributed by atoms with Gasteiger partial charge >= 0.3 is 0 Å². The number of phenols is 1. The van der Waals surface area contributed by atoms with Crippen LogP contribution < -0.4 is 5.73 Å². The van der Waals surface area contributed by atoms with Gasteiger partial charge in [-0.25, -0.2) is 0 Å². The molecule has 32 heavy (non-hydrogen) atoms. The van der Waals surface area contributed by atoms with Crippen LogP contribution >= 0.6 is 0 Å². The van der Waals surface area contributed by atoms with Gasteiger partial charge in [0.25, 0.3) is 5.69 Å². The Kier molecular flexibility index (Phi) is 5.05. The van der Waals surface area contributed by atoms with E-state index in [-0.39, 0.29) is 35.2 Å². The van der Waals surface area contributed by atoms with Gasteiger partial charge in [-0.1, -0.05) is 0 Å². The highest BCUT2D eigenvalue weighted by molar-refractivity contribution is 6.19. The molecule has 0 spiro atoms. The number of phenolic OH excluding ortho intramolecular Hbond substituents is 1. The molecule has 0 heterocycles. The first-order valence-electron chi connectivity index (χ1n) is 10.1. The number of carbonyl (C=O) groups excluding carboxylic acids is 3. The molecule has 170 valence electrons. The molecule has 1 aromatic rings. The summed E-state index contributed by atoms with van der Waals surface area (Å²) in [7, 11) is 3.29. The fraction of sp³-hybridized carbons (Fsp3) is 0.476. The van der Waals surface area contributed by atoms with Crippen LogP contribution in [0.2, 0.25) is 0 Å². The Morgan fingerprint density at radius 3 is 2.47 bits per heavy atom. The van der Waals surface area contributed by atoms with E-state index in [0.29, 0.717) is 0 Å². The summed E-state index contributed by atoms with van der Waals surface area (Å²) >= 11 is 0. The summed E-state index contributed by atoms with van der Waals surface area (Å²) in [6.07, 6.45) is -1.26. The Morgan fingerprint density at radius 2 is 1.91 bits per heavy atom. The molecule has 2 saturated carbocycles. The van der Waals surface area contributed by atoms with Crippen LogP contribution in [0.1, 0.15) is 17.5 Å². The lowest BCUT2D eigenvalue weighted by Crippen LogP contribution is -2.64. The number of hydrogen-bond donors (Lipinski definition) is 4. The van der Waals surface area contributed by atoms with E-state index in [9.17, 15) is 39.8 Å². The average Bonchev–Trinajstić information content (AvgIpc) is 2.66. The van der Waals surface area contributed by atoms with Crippen molar-refractivity contribution in [2.24, 2.45) is 29.4 Å². The molecular formula is C21H23N3O8. The molecule has 5 unspecified atom stereocenters. The summed E-state index contributed by atoms with van der Waals surface area (Å²) in [5.41, 5.74) is 4.87. The van der Waals surface area contributed by atoms with Crippen LogP contribution in [0.3, 0.4) is 0 Å². The first kappa shape index (κ1) is 21.9. The number of ketones is 2. The largest absolute Gasteiger partial charge is 0.507 e. The minimum absolute atomic E-state index is 0.00190. The first-order chi connectivity index (χ1) is 15.0. The van der Waals surface area contributed by atoms with Crippen LogP contribution in [-0.4, -0.2) is 68.9 Å². The van der Waals surface area contributed by atoms with Crippen molar-refractivity contribution in [3.63, 3.8) is 0 Å². The quantitative estimate of drug-likeness (QED) is 0.281. The van der Waals surface area contributed by atoms with Gasteiger partial charge < -0.3 is 26.0 Å². The van der Waals surface area contributed by atoms with Gasteiger partial charge in [0.2, 0.25) is 5.91 Å². The van der Waals surface area contributed by atoms with Crippen LogP contribution in [0.5, 0.6) is 5.75 Å². The summed E-state index contributed by atoms with van der Waals surface area (Å²) in [5, 5.41) is 43.4. The lowest BCUT2D eigenvalue weighted by atomic mass is 9.57. The van der Waals surface area contributed by atoms with E-state index in [1.165, 1.54) is 0 Å². The lowest BCUT2D eigenvalue weighted by Gasteiger charge is -2.49. The van der Waals surface area contributed by atoms with Gasteiger partial charge in [0.1, 0.15) is 17.4 Å². The maximum absolute atomic E-state index is 13.5. The maximum Gasteiger partial charge on any atom is 0.273 e. The molecule has 0 aliphatic heterocycles. The number of nitrogens with zero attached hydrogens (tertiary/aromatic N) is 2. The van der Waals surface area contributed by atoms with Crippen LogP contribution in [-0.2, 0) is 20.8 Å². The molecule has 11 heteroatoms. The number of amides is 1. The summed E-state index contributed by atoms with van der Waals surface area (Å²) in [4.78, 5) is 51.0. The van der Waals surface area contributed by atoms with E-state index in [0.717, 1.165) is 12.1 Å². The molecule has 1 amide bonds. The molecule has 4 rings (SSSR count). The second-order valence-corrected chi connectivity index (χ2v) is 8.85. The Labute approximate surface area is 182 Å². The van der Waals surface area contributed by atoms with Crippen molar-refractivity contribution in [3.05, 3.63) is 38.9 Å². The Hall–Kier alpha value is -3.31. The zero-order chi connectivity index (χ0) is 23.6. The third kappa shape index (κ3) is 2.92. The zero-order valence-electron chi connectivity index (χ0n) is 17.4. The van der Waals surface area contributed by atoms with Gasteiger partial charge in [0, 0.05) is 23.2 Å². The number of hydrogen-bond acceptors (Lipinski definition) is 9. The number of aromatic hydroxyl groups is 1. The van der Waals surface area contributed by atoms with Crippen molar-refractivity contribution in [3.8, 4) is 5.75 Å². The Bertz CT molecular complexity index is 1090. The van der Waals surface area contributed by atoms with E-state index >= 15 is 0 Å². The van der Waals surface area contributed by atoms with Crippen LogP contribution in [0.25, 0.3) is 5.76 Å². The number of benzene rings is 1. The second-order valence-electron chi connectivity index (χ2n) is 8.85. The van der Waals surface area contributed by atoms with Crippen molar-refractivity contribution in [2.45, 2.75) is 25.0 Å². The van der Waals surface area contributed by atoms with Crippen LogP contribution in [0.15, 0.2) is 17.7 Å². The number of likely N-dealkylation sites (N-methyl/N-ethyl adjacent to an activating group) is 1. The predicted octanol–water partition coefficient (Wildman–Crippen LogP) is -0.0777. The summed E-state index contributed by atoms with van der Waals surface area (Å²) in [5.74, 6) is -7.80. The van der Waals surface area contributed by atoms with Gasteiger partial charge in [0.05, 0.1) is 22.5 Å². The summed E-state index contributed by atoms with van der Waals surface area (Å²) in [6, 6.07) is 1.45. The number of allylic oxidation sites excluding steroid dienone is 1. The number of nitro groups is 1.